The van der Waals surface area contributed by atoms with E-state index in [0.29, 0.717) is 12.2 Å². The van der Waals surface area contributed by atoms with Gasteiger partial charge in [-0.1, -0.05) is 36.4 Å². The summed E-state index contributed by atoms with van der Waals surface area (Å²) in [6, 6.07) is 16.3. The van der Waals surface area contributed by atoms with E-state index in [9.17, 15) is 22.0 Å². The van der Waals surface area contributed by atoms with Crippen molar-refractivity contribution >= 4 is 21.6 Å². The minimum Gasteiger partial charge on any atom is -0.493 e. The lowest BCUT2D eigenvalue weighted by Crippen LogP contribution is -2.39. The van der Waals surface area contributed by atoms with Crippen LogP contribution in [0.4, 0.5) is 14.5 Å². The molecule has 3 aromatic carbocycles. The number of halogens is 2. The zero-order valence-electron chi connectivity index (χ0n) is 18.6. The lowest BCUT2D eigenvalue weighted by Gasteiger charge is -2.22. The number of para-hydroxylation sites is 1. The van der Waals surface area contributed by atoms with E-state index in [4.69, 9.17) is 9.47 Å². The molecule has 0 heterocycles. The van der Waals surface area contributed by atoms with Gasteiger partial charge in [0.05, 0.1) is 25.7 Å². The summed E-state index contributed by atoms with van der Waals surface area (Å²) in [6.07, 6.45) is 0.314. The van der Waals surface area contributed by atoms with Gasteiger partial charge in [-0.2, -0.15) is 4.31 Å². The molecule has 0 spiro atoms. The van der Waals surface area contributed by atoms with Crippen LogP contribution in [0.1, 0.15) is 5.56 Å². The van der Waals surface area contributed by atoms with Crippen molar-refractivity contribution in [1.29, 1.82) is 0 Å². The van der Waals surface area contributed by atoms with E-state index >= 15 is 0 Å². The predicted octanol–water partition coefficient (Wildman–Crippen LogP) is 3.85. The molecule has 0 aliphatic heterocycles. The number of sulfonamides is 1. The summed E-state index contributed by atoms with van der Waals surface area (Å²) in [5, 5.41) is 2.13. The fourth-order valence-electron chi connectivity index (χ4n) is 3.27. The first kappa shape index (κ1) is 25.1. The Morgan fingerprint density at radius 2 is 1.56 bits per heavy atom. The number of nitrogens with zero attached hydrogens (tertiary/aromatic N) is 1. The van der Waals surface area contributed by atoms with E-state index in [0.717, 1.165) is 28.1 Å². The van der Waals surface area contributed by atoms with Gasteiger partial charge in [-0.3, -0.25) is 4.79 Å². The van der Waals surface area contributed by atoms with Gasteiger partial charge in [0.15, 0.2) is 11.5 Å². The lowest BCUT2D eigenvalue weighted by atomic mass is 10.1. The van der Waals surface area contributed by atoms with Gasteiger partial charge in [0.25, 0.3) is 0 Å². The highest BCUT2D eigenvalue weighted by Gasteiger charge is 2.28. The zero-order valence-corrected chi connectivity index (χ0v) is 19.4. The van der Waals surface area contributed by atoms with Crippen molar-refractivity contribution in [3.8, 4) is 11.5 Å². The Kier molecular flexibility index (Phi) is 8.19. The zero-order chi connectivity index (χ0) is 24.7. The van der Waals surface area contributed by atoms with Crippen molar-refractivity contribution in [3.05, 3.63) is 83.9 Å². The van der Waals surface area contributed by atoms with Gasteiger partial charge in [-0.25, -0.2) is 17.2 Å². The number of hydrogen-bond donors (Lipinski definition) is 1. The summed E-state index contributed by atoms with van der Waals surface area (Å²) in [6.45, 7) is -0.703. The Hall–Kier alpha value is -3.50. The molecule has 0 aliphatic rings. The van der Waals surface area contributed by atoms with E-state index in [1.54, 1.807) is 0 Å². The van der Waals surface area contributed by atoms with Crippen LogP contribution in [0.15, 0.2) is 71.6 Å². The van der Waals surface area contributed by atoms with E-state index < -0.39 is 39.8 Å². The number of carbonyl (C=O) groups is 1. The number of anilines is 1. The van der Waals surface area contributed by atoms with Crippen LogP contribution in [0.2, 0.25) is 0 Å². The number of rotatable bonds is 10. The minimum absolute atomic E-state index is 0.0478. The lowest BCUT2D eigenvalue weighted by molar-refractivity contribution is -0.116. The first-order valence-electron chi connectivity index (χ1n) is 10.3. The summed E-state index contributed by atoms with van der Waals surface area (Å²) in [7, 11) is -1.39. The van der Waals surface area contributed by atoms with E-state index in [1.165, 1.54) is 32.4 Å². The number of ether oxygens (including phenoxy) is 2. The maximum Gasteiger partial charge on any atom is 0.243 e. The molecule has 0 unspecified atom stereocenters. The molecule has 1 amide bonds. The molecule has 0 radical (unpaired) electrons. The largest absolute Gasteiger partial charge is 0.493 e. The summed E-state index contributed by atoms with van der Waals surface area (Å²) in [5.74, 6) is -2.28. The predicted molar refractivity (Wildman–Crippen MR) is 123 cm³/mol. The van der Waals surface area contributed by atoms with E-state index in [-0.39, 0.29) is 17.2 Å². The molecule has 0 saturated carbocycles. The van der Waals surface area contributed by atoms with Crippen LogP contribution >= 0.6 is 0 Å². The molecule has 0 bridgehead atoms. The number of methoxy groups -OCH3 is 2. The van der Waals surface area contributed by atoms with E-state index in [2.05, 4.69) is 5.32 Å². The Bertz CT molecular complexity index is 1230. The molecule has 3 aromatic rings. The Labute approximate surface area is 197 Å². The van der Waals surface area contributed by atoms with Crippen LogP contribution in [0.25, 0.3) is 0 Å². The van der Waals surface area contributed by atoms with Crippen LogP contribution in [0, 0.1) is 11.6 Å². The number of benzene rings is 3. The fraction of sp³-hybridized carbons (Fsp3) is 0.208. The van der Waals surface area contributed by atoms with Crippen molar-refractivity contribution in [1.82, 2.24) is 4.31 Å². The van der Waals surface area contributed by atoms with Crippen LogP contribution < -0.4 is 14.8 Å². The van der Waals surface area contributed by atoms with Gasteiger partial charge < -0.3 is 14.8 Å². The molecule has 180 valence electrons. The fourth-order valence-corrected chi connectivity index (χ4v) is 4.68. The van der Waals surface area contributed by atoms with Crippen molar-refractivity contribution in [2.24, 2.45) is 0 Å². The maximum atomic E-state index is 14.0. The number of hydrogen-bond acceptors (Lipinski definition) is 5. The van der Waals surface area contributed by atoms with Crippen molar-refractivity contribution in [3.63, 3.8) is 0 Å². The van der Waals surface area contributed by atoms with Crippen LogP contribution in [-0.4, -0.2) is 45.9 Å². The second-order valence-electron chi connectivity index (χ2n) is 7.24. The first-order valence-corrected chi connectivity index (χ1v) is 11.7. The molecule has 7 nitrogen and oxygen atoms in total. The van der Waals surface area contributed by atoms with E-state index in [1.807, 2.05) is 30.3 Å². The van der Waals surface area contributed by atoms with Gasteiger partial charge in [-0.05, 0) is 36.2 Å². The van der Waals surface area contributed by atoms with Gasteiger partial charge in [-0.15, -0.1) is 0 Å². The highest BCUT2D eigenvalue weighted by atomic mass is 32.2. The second kappa shape index (κ2) is 11.1. The summed E-state index contributed by atoms with van der Waals surface area (Å²) in [4.78, 5) is 12.5. The summed E-state index contributed by atoms with van der Waals surface area (Å²) >= 11 is 0. The van der Waals surface area contributed by atoms with Crippen LogP contribution in [0.5, 0.6) is 11.5 Å². The Morgan fingerprint density at radius 3 is 2.18 bits per heavy atom. The molecule has 10 heteroatoms. The number of amides is 1. The second-order valence-corrected chi connectivity index (χ2v) is 9.17. The molecule has 0 aliphatic carbocycles. The monoisotopic (exact) mass is 490 g/mol. The molecule has 1 N–H and O–H groups in total. The Morgan fingerprint density at radius 1 is 0.912 bits per heavy atom. The molecular formula is C24H24F2N2O5S. The molecule has 3 rings (SSSR count). The third-order valence-corrected chi connectivity index (χ3v) is 6.87. The Balaban J connectivity index is 1.90. The van der Waals surface area contributed by atoms with Gasteiger partial charge >= 0.3 is 0 Å². The smallest absolute Gasteiger partial charge is 0.243 e. The number of carbonyl (C=O) groups excluding carboxylic acids is 1. The van der Waals surface area contributed by atoms with Crippen molar-refractivity contribution < 1.29 is 31.5 Å². The molecule has 0 saturated heterocycles. The van der Waals surface area contributed by atoms with Crippen LogP contribution in [-0.2, 0) is 21.2 Å². The number of nitrogens with one attached hydrogen (secondary N) is 1. The SMILES string of the molecule is COc1ccc(S(=O)(=O)N(CCc2ccccc2)CC(=O)Nc2c(F)cccc2F)cc1OC. The topological polar surface area (TPSA) is 84.9 Å². The third kappa shape index (κ3) is 5.89. The highest BCUT2D eigenvalue weighted by molar-refractivity contribution is 7.89. The van der Waals surface area contributed by atoms with Crippen LogP contribution in [0.3, 0.4) is 0 Å². The third-order valence-electron chi connectivity index (χ3n) is 5.03. The van der Waals surface area contributed by atoms with Gasteiger partial charge in [0.2, 0.25) is 15.9 Å². The van der Waals surface area contributed by atoms with Crippen molar-refractivity contribution in [2.45, 2.75) is 11.3 Å². The average Bonchev–Trinajstić information content (AvgIpc) is 2.84. The standard InChI is InChI=1S/C24H24F2N2O5S/c1-32-21-12-11-18(15-22(21)33-2)34(30,31)28(14-13-17-7-4-3-5-8-17)16-23(29)27-24-19(25)9-6-10-20(24)26/h3-12,15H,13-14,16H2,1-2H3,(H,27,29). The molecular weight excluding hydrogens is 466 g/mol. The summed E-state index contributed by atoms with van der Waals surface area (Å²) < 4.78 is 66.1. The molecule has 0 fully saturated rings. The van der Waals surface area contributed by atoms with Crippen molar-refractivity contribution in [2.75, 3.05) is 32.6 Å². The normalized spacial score (nSPS) is 11.3. The molecule has 0 aromatic heterocycles. The van der Waals surface area contributed by atoms with Gasteiger partial charge in [0, 0.05) is 12.6 Å². The van der Waals surface area contributed by atoms with Gasteiger partial charge in [0.1, 0.15) is 17.3 Å². The minimum atomic E-state index is -4.19. The first-order chi connectivity index (χ1) is 16.3. The molecule has 34 heavy (non-hydrogen) atoms. The molecule has 0 atom stereocenters. The quantitative estimate of drug-likeness (QED) is 0.467. The average molecular weight is 491 g/mol. The maximum absolute atomic E-state index is 14.0. The summed E-state index contributed by atoms with van der Waals surface area (Å²) in [5.41, 5.74) is 0.217. The highest BCUT2D eigenvalue weighted by Crippen LogP contribution is 2.31.